The SMILES string of the molecule is Cc1cc(-c2cscc2Br)nc(N)n1. The van der Waals surface area contributed by atoms with Gasteiger partial charge in [0.15, 0.2) is 0 Å². The molecule has 0 saturated carbocycles. The summed E-state index contributed by atoms with van der Waals surface area (Å²) in [5.41, 5.74) is 8.39. The van der Waals surface area contributed by atoms with Gasteiger partial charge in [-0.1, -0.05) is 0 Å². The highest BCUT2D eigenvalue weighted by molar-refractivity contribution is 9.10. The number of halogens is 1. The molecule has 5 heteroatoms. The van der Waals surface area contributed by atoms with E-state index in [1.165, 1.54) is 0 Å². The molecule has 2 N–H and O–H groups in total. The fourth-order valence-corrected chi connectivity index (χ4v) is 2.68. The Morgan fingerprint density at radius 1 is 1.36 bits per heavy atom. The maximum absolute atomic E-state index is 5.58. The smallest absolute Gasteiger partial charge is 0.220 e. The Hall–Kier alpha value is -0.940. The number of nitrogens with two attached hydrogens (primary N) is 1. The van der Waals surface area contributed by atoms with Gasteiger partial charge in [-0.3, -0.25) is 0 Å². The molecular formula is C9H8BrN3S. The molecular weight excluding hydrogens is 262 g/mol. The second kappa shape index (κ2) is 3.67. The summed E-state index contributed by atoms with van der Waals surface area (Å²) in [5.74, 6) is 0.318. The maximum Gasteiger partial charge on any atom is 0.220 e. The maximum atomic E-state index is 5.58. The number of nitrogens with zero attached hydrogens (tertiary/aromatic N) is 2. The molecule has 2 aromatic rings. The second-order valence-corrected chi connectivity index (χ2v) is 4.48. The first-order valence-corrected chi connectivity index (χ1v) is 5.73. The zero-order valence-corrected chi connectivity index (χ0v) is 9.89. The van der Waals surface area contributed by atoms with Crippen LogP contribution in [0.2, 0.25) is 0 Å². The number of hydrogen-bond acceptors (Lipinski definition) is 4. The number of aromatic nitrogens is 2. The molecule has 0 aliphatic rings. The quantitative estimate of drug-likeness (QED) is 0.866. The lowest BCUT2D eigenvalue weighted by Gasteiger charge is -2.01. The van der Waals surface area contributed by atoms with Gasteiger partial charge in [-0.2, -0.15) is 11.3 Å². The van der Waals surface area contributed by atoms with Crippen molar-refractivity contribution in [2.45, 2.75) is 6.92 Å². The van der Waals surface area contributed by atoms with E-state index in [0.29, 0.717) is 5.95 Å². The summed E-state index contributed by atoms with van der Waals surface area (Å²) in [6.07, 6.45) is 0. The Morgan fingerprint density at radius 2 is 2.14 bits per heavy atom. The molecule has 0 aliphatic heterocycles. The third-order valence-corrected chi connectivity index (χ3v) is 3.46. The van der Waals surface area contributed by atoms with Gasteiger partial charge in [0.05, 0.1) is 5.69 Å². The average molecular weight is 270 g/mol. The first-order chi connectivity index (χ1) is 6.66. The van der Waals surface area contributed by atoms with Crippen LogP contribution in [-0.2, 0) is 0 Å². The van der Waals surface area contributed by atoms with Crippen LogP contribution in [0.15, 0.2) is 21.3 Å². The zero-order valence-electron chi connectivity index (χ0n) is 7.49. The van der Waals surface area contributed by atoms with Gasteiger partial charge in [-0.15, -0.1) is 0 Å². The highest BCUT2D eigenvalue weighted by atomic mass is 79.9. The van der Waals surface area contributed by atoms with Gasteiger partial charge in [0.2, 0.25) is 5.95 Å². The van der Waals surface area contributed by atoms with Crippen LogP contribution < -0.4 is 5.73 Å². The second-order valence-electron chi connectivity index (χ2n) is 2.89. The highest BCUT2D eigenvalue weighted by Crippen LogP contribution is 2.30. The van der Waals surface area contributed by atoms with E-state index in [1.807, 2.05) is 23.8 Å². The summed E-state index contributed by atoms with van der Waals surface area (Å²) < 4.78 is 1.04. The summed E-state index contributed by atoms with van der Waals surface area (Å²) in [6.45, 7) is 1.90. The highest BCUT2D eigenvalue weighted by Gasteiger charge is 2.07. The first-order valence-electron chi connectivity index (χ1n) is 4.00. The molecule has 0 fully saturated rings. The van der Waals surface area contributed by atoms with Gasteiger partial charge in [0, 0.05) is 26.5 Å². The van der Waals surface area contributed by atoms with E-state index in [2.05, 4.69) is 25.9 Å². The fourth-order valence-electron chi connectivity index (χ4n) is 1.19. The minimum absolute atomic E-state index is 0.318. The average Bonchev–Trinajstić information content (AvgIpc) is 2.49. The van der Waals surface area contributed by atoms with E-state index in [1.54, 1.807) is 11.3 Å². The Kier molecular flexibility index (Phi) is 2.52. The van der Waals surface area contributed by atoms with Gasteiger partial charge in [-0.05, 0) is 28.9 Å². The van der Waals surface area contributed by atoms with Crippen molar-refractivity contribution in [2.75, 3.05) is 5.73 Å². The van der Waals surface area contributed by atoms with Crippen LogP contribution >= 0.6 is 27.3 Å². The molecule has 0 saturated heterocycles. The van der Waals surface area contributed by atoms with Crippen LogP contribution in [0.3, 0.4) is 0 Å². The molecule has 14 heavy (non-hydrogen) atoms. The lowest BCUT2D eigenvalue weighted by Crippen LogP contribution is -1.97. The standard InChI is InChI=1S/C9H8BrN3S/c1-5-2-8(13-9(11)12-5)6-3-14-4-7(6)10/h2-4H,1H3,(H2,11,12,13). The van der Waals surface area contributed by atoms with Crippen molar-refractivity contribution >= 4 is 33.2 Å². The monoisotopic (exact) mass is 269 g/mol. The van der Waals surface area contributed by atoms with Crippen LogP contribution in [0.5, 0.6) is 0 Å². The molecule has 3 nitrogen and oxygen atoms in total. The van der Waals surface area contributed by atoms with Crippen molar-refractivity contribution in [3.63, 3.8) is 0 Å². The first kappa shape index (κ1) is 9.61. The summed E-state index contributed by atoms with van der Waals surface area (Å²) in [4.78, 5) is 8.21. The van der Waals surface area contributed by atoms with Crippen LogP contribution in [-0.4, -0.2) is 9.97 Å². The van der Waals surface area contributed by atoms with Gasteiger partial charge in [-0.25, -0.2) is 9.97 Å². The summed E-state index contributed by atoms with van der Waals surface area (Å²) >= 11 is 5.09. The topological polar surface area (TPSA) is 51.8 Å². The van der Waals surface area contributed by atoms with E-state index in [-0.39, 0.29) is 0 Å². The number of aryl methyl sites for hydroxylation is 1. The van der Waals surface area contributed by atoms with Crippen LogP contribution in [0.25, 0.3) is 11.3 Å². The Bertz CT molecular complexity index is 447. The van der Waals surface area contributed by atoms with Crippen molar-refractivity contribution in [2.24, 2.45) is 0 Å². The molecule has 2 aromatic heterocycles. The fraction of sp³-hybridized carbons (Fsp3) is 0.111. The molecule has 0 spiro atoms. The van der Waals surface area contributed by atoms with Crippen LogP contribution in [0.4, 0.5) is 5.95 Å². The van der Waals surface area contributed by atoms with Crippen LogP contribution in [0.1, 0.15) is 5.69 Å². The summed E-state index contributed by atoms with van der Waals surface area (Å²) in [6, 6.07) is 1.92. The lowest BCUT2D eigenvalue weighted by molar-refractivity contribution is 1.12. The van der Waals surface area contributed by atoms with Crippen molar-refractivity contribution in [3.05, 3.63) is 27.0 Å². The predicted octanol–water partition coefficient (Wildman–Crippen LogP) is 2.86. The summed E-state index contributed by atoms with van der Waals surface area (Å²) in [5, 5.41) is 4.05. The Morgan fingerprint density at radius 3 is 2.71 bits per heavy atom. The third kappa shape index (κ3) is 1.78. The molecule has 2 rings (SSSR count). The zero-order chi connectivity index (χ0) is 10.1. The molecule has 0 aromatic carbocycles. The number of thiophene rings is 1. The molecule has 0 aliphatic carbocycles. The molecule has 2 heterocycles. The predicted molar refractivity (Wildman–Crippen MR) is 62.2 cm³/mol. The number of nitrogen functional groups attached to an aromatic ring is 1. The van der Waals surface area contributed by atoms with Crippen molar-refractivity contribution in [3.8, 4) is 11.3 Å². The van der Waals surface area contributed by atoms with Crippen molar-refractivity contribution in [1.29, 1.82) is 0 Å². The molecule has 0 radical (unpaired) electrons. The van der Waals surface area contributed by atoms with Crippen molar-refractivity contribution in [1.82, 2.24) is 9.97 Å². The number of rotatable bonds is 1. The minimum atomic E-state index is 0.318. The molecule has 0 bridgehead atoms. The molecule has 0 amide bonds. The van der Waals surface area contributed by atoms with Crippen LogP contribution in [0, 0.1) is 6.92 Å². The summed E-state index contributed by atoms with van der Waals surface area (Å²) in [7, 11) is 0. The normalized spacial score (nSPS) is 10.4. The van der Waals surface area contributed by atoms with Gasteiger partial charge in [0.1, 0.15) is 0 Å². The molecule has 72 valence electrons. The van der Waals surface area contributed by atoms with Gasteiger partial charge >= 0.3 is 0 Å². The van der Waals surface area contributed by atoms with E-state index in [0.717, 1.165) is 21.4 Å². The van der Waals surface area contributed by atoms with Gasteiger partial charge in [0.25, 0.3) is 0 Å². The number of anilines is 1. The van der Waals surface area contributed by atoms with E-state index in [9.17, 15) is 0 Å². The van der Waals surface area contributed by atoms with Gasteiger partial charge < -0.3 is 5.73 Å². The Balaban J connectivity index is 2.57. The number of hydrogen-bond donors (Lipinski definition) is 1. The molecule has 0 atom stereocenters. The van der Waals surface area contributed by atoms with E-state index < -0.39 is 0 Å². The third-order valence-electron chi connectivity index (χ3n) is 1.76. The lowest BCUT2D eigenvalue weighted by atomic mass is 10.2. The minimum Gasteiger partial charge on any atom is -0.368 e. The molecule has 0 unspecified atom stereocenters. The largest absolute Gasteiger partial charge is 0.368 e. The Labute approximate surface area is 94.1 Å². The van der Waals surface area contributed by atoms with E-state index in [4.69, 9.17) is 5.73 Å². The van der Waals surface area contributed by atoms with E-state index >= 15 is 0 Å². The van der Waals surface area contributed by atoms with Crippen molar-refractivity contribution < 1.29 is 0 Å².